The Kier molecular flexibility index (Phi) is 3.46. The third kappa shape index (κ3) is 2.65. The molecule has 0 saturated carbocycles. The number of pyridine rings is 1. The molecule has 3 heteroatoms. The van der Waals surface area contributed by atoms with Gasteiger partial charge >= 0.3 is 0 Å². The van der Waals surface area contributed by atoms with Crippen molar-refractivity contribution in [1.29, 1.82) is 0 Å². The quantitative estimate of drug-likeness (QED) is 0.751. The van der Waals surface area contributed by atoms with E-state index in [9.17, 15) is 4.79 Å². The maximum Gasteiger partial charge on any atom is 0.159 e. The van der Waals surface area contributed by atoms with Gasteiger partial charge in [0.15, 0.2) is 5.78 Å². The summed E-state index contributed by atoms with van der Waals surface area (Å²) >= 11 is 0. The third-order valence-electron chi connectivity index (χ3n) is 3.64. The van der Waals surface area contributed by atoms with Crippen LogP contribution in [0, 0.1) is 11.8 Å². The predicted molar refractivity (Wildman–Crippen MR) is 69.4 cm³/mol. The van der Waals surface area contributed by atoms with E-state index in [0.29, 0.717) is 0 Å². The normalized spacial score (nSPS) is 20.0. The maximum atomic E-state index is 11.3. The minimum atomic E-state index is 0.105. The first-order chi connectivity index (χ1) is 8.08. The number of hydrogen-bond acceptors (Lipinski definition) is 3. The van der Waals surface area contributed by atoms with Gasteiger partial charge in [0, 0.05) is 24.8 Å². The highest BCUT2D eigenvalue weighted by Crippen LogP contribution is 2.27. The average Bonchev–Trinajstić information content (AvgIpc) is 2.78. The summed E-state index contributed by atoms with van der Waals surface area (Å²) in [6.07, 6.45) is 2.96. The lowest BCUT2D eigenvalue weighted by atomic mass is 9.95. The zero-order valence-corrected chi connectivity index (χ0v) is 10.8. The van der Waals surface area contributed by atoms with Gasteiger partial charge in [0.05, 0.1) is 0 Å². The molecule has 3 nitrogen and oxygen atoms in total. The molecule has 0 aliphatic carbocycles. The molecular formula is C14H20N2O. The molecule has 1 aliphatic rings. The lowest BCUT2D eigenvalue weighted by Gasteiger charge is -2.19. The van der Waals surface area contributed by atoms with Crippen LogP contribution < -0.4 is 4.90 Å². The van der Waals surface area contributed by atoms with Crippen molar-refractivity contribution >= 4 is 11.6 Å². The molecular weight excluding hydrogens is 212 g/mol. The van der Waals surface area contributed by atoms with Crippen LogP contribution in [0.3, 0.4) is 0 Å². The fourth-order valence-corrected chi connectivity index (χ4v) is 2.35. The van der Waals surface area contributed by atoms with Crippen molar-refractivity contribution in [2.75, 3.05) is 18.0 Å². The molecule has 1 aromatic heterocycles. The number of aromatic nitrogens is 1. The second-order valence-electron chi connectivity index (χ2n) is 5.20. The molecule has 0 aromatic carbocycles. The molecule has 0 N–H and O–H groups in total. The molecule has 2 heterocycles. The van der Waals surface area contributed by atoms with E-state index >= 15 is 0 Å². The number of carbonyl (C=O) groups excluding carboxylic acids is 1. The first-order valence-electron chi connectivity index (χ1n) is 6.30. The summed E-state index contributed by atoms with van der Waals surface area (Å²) in [6, 6.07) is 3.69. The number of anilines is 1. The first kappa shape index (κ1) is 12.1. The first-order valence-corrected chi connectivity index (χ1v) is 6.30. The van der Waals surface area contributed by atoms with Gasteiger partial charge in [0.2, 0.25) is 0 Å². The molecule has 1 unspecified atom stereocenters. The van der Waals surface area contributed by atoms with Gasteiger partial charge < -0.3 is 4.90 Å². The highest BCUT2D eigenvalue weighted by Gasteiger charge is 2.25. The SMILES string of the molecule is CC(=O)c1ccnc(N2CCC(C(C)C)C2)c1. The Balaban J connectivity index is 2.13. The van der Waals surface area contributed by atoms with Crippen LogP contribution in [-0.2, 0) is 0 Å². The van der Waals surface area contributed by atoms with Crippen LogP contribution in [0.25, 0.3) is 0 Å². The van der Waals surface area contributed by atoms with Gasteiger partial charge in [0.1, 0.15) is 5.82 Å². The monoisotopic (exact) mass is 232 g/mol. The molecule has 0 radical (unpaired) electrons. The van der Waals surface area contributed by atoms with Gasteiger partial charge in [-0.2, -0.15) is 0 Å². The average molecular weight is 232 g/mol. The van der Waals surface area contributed by atoms with Crippen LogP contribution in [0.1, 0.15) is 37.6 Å². The molecule has 1 aromatic rings. The van der Waals surface area contributed by atoms with Crippen molar-refractivity contribution in [3.8, 4) is 0 Å². The fourth-order valence-electron chi connectivity index (χ4n) is 2.35. The molecule has 1 aliphatic heterocycles. The maximum absolute atomic E-state index is 11.3. The van der Waals surface area contributed by atoms with Crippen LogP contribution in [0.15, 0.2) is 18.3 Å². The summed E-state index contributed by atoms with van der Waals surface area (Å²) < 4.78 is 0. The van der Waals surface area contributed by atoms with E-state index in [1.807, 2.05) is 6.07 Å². The number of hydrogen-bond donors (Lipinski definition) is 0. The van der Waals surface area contributed by atoms with Crippen molar-refractivity contribution in [3.63, 3.8) is 0 Å². The molecule has 92 valence electrons. The minimum absolute atomic E-state index is 0.105. The number of nitrogens with zero attached hydrogens (tertiary/aromatic N) is 2. The lowest BCUT2D eigenvalue weighted by Crippen LogP contribution is -2.22. The Labute approximate surface area is 103 Å². The molecule has 17 heavy (non-hydrogen) atoms. The summed E-state index contributed by atoms with van der Waals surface area (Å²) in [7, 11) is 0. The zero-order chi connectivity index (χ0) is 12.4. The standard InChI is InChI=1S/C14H20N2O/c1-10(2)13-5-7-16(9-13)14-8-12(11(3)17)4-6-15-14/h4,6,8,10,13H,5,7,9H2,1-3H3. The Bertz CT molecular complexity index is 414. The Morgan fingerprint density at radius 1 is 1.53 bits per heavy atom. The van der Waals surface area contributed by atoms with E-state index in [1.165, 1.54) is 6.42 Å². The van der Waals surface area contributed by atoms with E-state index in [2.05, 4.69) is 23.7 Å². The van der Waals surface area contributed by atoms with Gasteiger partial charge in [-0.3, -0.25) is 4.79 Å². The van der Waals surface area contributed by atoms with Gasteiger partial charge in [-0.05, 0) is 37.3 Å². The molecule has 0 amide bonds. The van der Waals surface area contributed by atoms with Gasteiger partial charge in [-0.25, -0.2) is 4.98 Å². The van der Waals surface area contributed by atoms with Gasteiger partial charge in [-0.1, -0.05) is 13.8 Å². The second-order valence-corrected chi connectivity index (χ2v) is 5.20. The summed E-state index contributed by atoms with van der Waals surface area (Å²) in [6.45, 7) is 8.25. The summed E-state index contributed by atoms with van der Waals surface area (Å²) in [5, 5.41) is 0. The third-order valence-corrected chi connectivity index (χ3v) is 3.64. The molecule has 1 atom stereocenters. The smallest absolute Gasteiger partial charge is 0.159 e. The number of rotatable bonds is 3. The van der Waals surface area contributed by atoms with Crippen molar-refractivity contribution in [3.05, 3.63) is 23.9 Å². The minimum Gasteiger partial charge on any atom is -0.356 e. The Morgan fingerprint density at radius 2 is 2.29 bits per heavy atom. The van der Waals surface area contributed by atoms with E-state index in [1.54, 1.807) is 19.2 Å². The fraction of sp³-hybridized carbons (Fsp3) is 0.571. The van der Waals surface area contributed by atoms with Crippen LogP contribution in [0.4, 0.5) is 5.82 Å². The zero-order valence-electron chi connectivity index (χ0n) is 10.8. The largest absolute Gasteiger partial charge is 0.356 e. The highest BCUT2D eigenvalue weighted by molar-refractivity contribution is 5.94. The summed E-state index contributed by atoms with van der Waals surface area (Å²) in [5.74, 6) is 2.52. The van der Waals surface area contributed by atoms with Gasteiger partial charge in [-0.15, -0.1) is 0 Å². The van der Waals surface area contributed by atoms with Crippen molar-refractivity contribution in [1.82, 2.24) is 4.98 Å². The number of ketones is 1. The van der Waals surface area contributed by atoms with E-state index in [4.69, 9.17) is 0 Å². The number of Topliss-reactive ketones (excluding diaryl/α,β-unsaturated/α-hetero) is 1. The van der Waals surface area contributed by atoms with Crippen molar-refractivity contribution < 1.29 is 4.79 Å². The van der Waals surface area contributed by atoms with E-state index < -0.39 is 0 Å². The Hall–Kier alpha value is -1.38. The Morgan fingerprint density at radius 3 is 2.88 bits per heavy atom. The van der Waals surface area contributed by atoms with Crippen molar-refractivity contribution in [2.24, 2.45) is 11.8 Å². The van der Waals surface area contributed by atoms with Crippen LogP contribution in [0.5, 0.6) is 0 Å². The topological polar surface area (TPSA) is 33.2 Å². The molecule has 1 fully saturated rings. The number of carbonyl (C=O) groups is 1. The lowest BCUT2D eigenvalue weighted by molar-refractivity contribution is 0.101. The molecule has 2 rings (SSSR count). The summed E-state index contributed by atoms with van der Waals surface area (Å²) in [4.78, 5) is 18.0. The summed E-state index contributed by atoms with van der Waals surface area (Å²) in [5.41, 5.74) is 0.753. The highest BCUT2D eigenvalue weighted by atomic mass is 16.1. The van der Waals surface area contributed by atoms with E-state index in [0.717, 1.165) is 36.3 Å². The molecule has 0 spiro atoms. The van der Waals surface area contributed by atoms with Crippen LogP contribution >= 0.6 is 0 Å². The van der Waals surface area contributed by atoms with Gasteiger partial charge in [0.25, 0.3) is 0 Å². The van der Waals surface area contributed by atoms with Crippen LogP contribution in [0.2, 0.25) is 0 Å². The molecule has 1 saturated heterocycles. The van der Waals surface area contributed by atoms with Crippen LogP contribution in [-0.4, -0.2) is 23.9 Å². The molecule has 0 bridgehead atoms. The predicted octanol–water partition coefficient (Wildman–Crippen LogP) is 2.77. The second kappa shape index (κ2) is 4.86. The van der Waals surface area contributed by atoms with Crippen molar-refractivity contribution in [2.45, 2.75) is 27.2 Å². The van der Waals surface area contributed by atoms with E-state index in [-0.39, 0.29) is 5.78 Å².